The quantitative estimate of drug-likeness (QED) is 0.0501. The van der Waals surface area contributed by atoms with Gasteiger partial charge in [-0.25, -0.2) is 16.8 Å². The van der Waals surface area contributed by atoms with E-state index < -0.39 is 30.7 Å². The molecule has 2 unspecified atom stereocenters. The van der Waals surface area contributed by atoms with Gasteiger partial charge in [0.05, 0.1) is 20.2 Å². The summed E-state index contributed by atoms with van der Waals surface area (Å²) < 4.78 is 67.2. The van der Waals surface area contributed by atoms with E-state index in [2.05, 4.69) is 27.7 Å². The third-order valence-electron chi connectivity index (χ3n) is 7.34. The van der Waals surface area contributed by atoms with Gasteiger partial charge in [-0.2, -0.15) is 0 Å². The van der Waals surface area contributed by atoms with Gasteiger partial charge in [0.25, 0.3) is 0 Å². The van der Waals surface area contributed by atoms with E-state index >= 15 is 0 Å². The van der Waals surface area contributed by atoms with Crippen LogP contribution in [0.3, 0.4) is 0 Å². The number of hydrogen-bond acceptors (Lipinski definition) is 6. The standard InChI is InChI=1S/2C15H32O3S.Ba/c2*1-3-5-7-9-10-12-14-15(19(16,17)18)13-11-8-6-4-2;/h2*15H,3-14H2,1-2H3,(H,16,17,18);/q;;+2/p-2. The predicted octanol–water partition coefficient (Wildman–Crippen LogP) is 8.86. The summed E-state index contributed by atoms with van der Waals surface area (Å²) in [7, 11) is -8.20. The summed E-state index contributed by atoms with van der Waals surface area (Å²) in [5.74, 6) is 0. The maximum atomic E-state index is 11.2. The van der Waals surface area contributed by atoms with E-state index in [1.807, 2.05) is 0 Å². The fourth-order valence-electron chi connectivity index (χ4n) is 4.77. The Hall–Kier alpha value is 1.39. The van der Waals surface area contributed by atoms with Gasteiger partial charge in [-0.1, -0.05) is 156 Å². The minimum absolute atomic E-state index is 0. The van der Waals surface area contributed by atoms with Crippen molar-refractivity contribution in [3.05, 3.63) is 0 Å². The minimum atomic E-state index is -4.10. The monoisotopic (exact) mass is 720 g/mol. The van der Waals surface area contributed by atoms with E-state index in [0.29, 0.717) is 25.7 Å². The maximum absolute atomic E-state index is 11.2. The van der Waals surface area contributed by atoms with Crippen LogP contribution in [-0.2, 0) is 20.2 Å². The molecule has 0 saturated heterocycles. The molecule has 0 spiro atoms. The fraction of sp³-hybridized carbons (Fsp3) is 1.00. The van der Waals surface area contributed by atoms with Crippen molar-refractivity contribution < 1.29 is 25.9 Å². The van der Waals surface area contributed by atoms with Gasteiger partial charge in [0.15, 0.2) is 0 Å². The Labute approximate surface area is 284 Å². The van der Waals surface area contributed by atoms with Gasteiger partial charge in [-0.15, -0.1) is 0 Å². The molecule has 0 aliphatic heterocycles. The average Bonchev–Trinajstić information content (AvgIpc) is 2.84. The van der Waals surface area contributed by atoms with Crippen LogP contribution in [0.15, 0.2) is 0 Å². The number of hydrogen-bond donors (Lipinski definition) is 0. The van der Waals surface area contributed by atoms with E-state index in [1.165, 1.54) is 38.5 Å². The first-order chi connectivity index (χ1) is 18.0. The topological polar surface area (TPSA) is 114 Å². The molecule has 9 heteroatoms. The minimum Gasteiger partial charge on any atom is -0.748 e. The molecule has 0 aliphatic carbocycles. The van der Waals surface area contributed by atoms with Crippen LogP contribution < -0.4 is 0 Å². The second-order valence-electron chi connectivity index (χ2n) is 11.0. The zero-order chi connectivity index (χ0) is 29.1. The summed E-state index contributed by atoms with van der Waals surface area (Å²) in [6.07, 6.45) is 24.1. The molecule has 0 rings (SSSR count). The SMILES string of the molecule is CCCCCCCCC(CCCCCC)S(=O)(=O)[O-].CCCCCCCCC(CCCCCC)S(=O)(=O)[O-].[Ba+2]. The van der Waals surface area contributed by atoms with Gasteiger partial charge in [-0.3, -0.25) is 0 Å². The molecule has 2 atom stereocenters. The van der Waals surface area contributed by atoms with Crippen molar-refractivity contribution in [1.82, 2.24) is 0 Å². The molecule has 6 nitrogen and oxygen atoms in total. The van der Waals surface area contributed by atoms with Gasteiger partial charge in [0.2, 0.25) is 0 Å². The van der Waals surface area contributed by atoms with E-state index in [9.17, 15) is 25.9 Å². The van der Waals surface area contributed by atoms with Crippen molar-refractivity contribution in [3.8, 4) is 0 Å². The summed E-state index contributed by atoms with van der Waals surface area (Å²) >= 11 is 0. The average molecular weight is 720 g/mol. The van der Waals surface area contributed by atoms with Crippen LogP contribution in [0.4, 0.5) is 0 Å². The normalized spacial score (nSPS) is 13.3. The molecule has 0 fully saturated rings. The van der Waals surface area contributed by atoms with Crippen LogP contribution >= 0.6 is 0 Å². The smallest absolute Gasteiger partial charge is 0.748 e. The summed E-state index contributed by atoms with van der Waals surface area (Å²) in [5, 5.41) is -1.29. The van der Waals surface area contributed by atoms with Crippen LogP contribution in [0.2, 0.25) is 0 Å². The first kappa shape index (κ1) is 44.8. The third-order valence-corrected chi connectivity index (χ3v) is 9.91. The van der Waals surface area contributed by atoms with Gasteiger partial charge in [0.1, 0.15) is 0 Å². The Kier molecular flexibility index (Phi) is 35.4. The molecule has 39 heavy (non-hydrogen) atoms. The van der Waals surface area contributed by atoms with Crippen molar-refractivity contribution in [2.75, 3.05) is 0 Å². The number of unbranched alkanes of at least 4 members (excludes halogenated alkanes) is 16. The van der Waals surface area contributed by atoms with Crippen LogP contribution in [0, 0.1) is 0 Å². The molecule has 0 aromatic heterocycles. The molecule has 0 aromatic carbocycles. The van der Waals surface area contributed by atoms with Crippen LogP contribution in [0.25, 0.3) is 0 Å². The Morgan fingerprint density at radius 2 is 0.564 bits per heavy atom. The zero-order valence-corrected chi connectivity index (χ0v) is 32.2. The molecule has 0 aromatic rings. The number of rotatable bonds is 26. The van der Waals surface area contributed by atoms with Crippen molar-refractivity contribution in [3.63, 3.8) is 0 Å². The molecule has 0 aliphatic rings. The van der Waals surface area contributed by atoms with Crippen LogP contribution in [-0.4, -0.2) is 85.3 Å². The molecule has 0 bridgehead atoms. The predicted molar refractivity (Wildman–Crippen MR) is 166 cm³/mol. The second-order valence-corrected chi connectivity index (χ2v) is 14.3. The summed E-state index contributed by atoms with van der Waals surface area (Å²) in [5.41, 5.74) is 0. The Balaban J connectivity index is -0.000000648. The molecule has 0 saturated carbocycles. The molecular weight excluding hydrogens is 658 g/mol. The van der Waals surface area contributed by atoms with E-state index in [4.69, 9.17) is 0 Å². The third kappa shape index (κ3) is 32.1. The van der Waals surface area contributed by atoms with Crippen molar-refractivity contribution in [2.45, 2.75) is 192 Å². The zero-order valence-electron chi connectivity index (χ0n) is 26.1. The molecule has 0 amide bonds. The fourth-order valence-corrected chi connectivity index (χ4v) is 6.59. The first-order valence-electron chi connectivity index (χ1n) is 15.9. The van der Waals surface area contributed by atoms with Crippen molar-refractivity contribution in [2.24, 2.45) is 0 Å². The van der Waals surface area contributed by atoms with Crippen molar-refractivity contribution >= 4 is 69.1 Å². The molecular formula is C30H62BaO6S2. The van der Waals surface area contributed by atoms with Gasteiger partial charge >= 0.3 is 48.9 Å². The second kappa shape index (κ2) is 30.8. The Morgan fingerprint density at radius 3 is 0.769 bits per heavy atom. The Bertz CT molecular complexity index is 638. The summed E-state index contributed by atoms with van der Waals surface area (Å²) in [4.78, 5) is 0. The molecule has 0 radical (unpaired) electrons. The molecule has 0 heterocycles. The maximum Gasteiger partial charge on any atom is 2.00 e. The van der Waals surface area contributed by atoms with Crippen LogP contribution in [0.5, 0.6) is 0 Å². The summed E-state index contributed by atoms with van der Waals surface area (Å²) in [6.45, 7) is 8.60. The van der Waals surface area contributed by atoms with Crippen molar-refractivity contribution in [1.29, 1.82) is 0 Å². The first-order valence-corrected chi connectivity index (χ1v) is 18.9. The van der Waals surface area contributed by atoms with Gasteiger partial charge in [0, 0.05) is 10.5 Å². The molecule has 0 N–H and O–H groups in total. The van der Waals surface area contributed by atoms with Gasteiger partial charge < -0.3 is 9.11 Å². The van der Waals surface area contributed by atoms with E-state index in [1.54, 1.807) is 0 Å². The van der Waals surface area contributed by atoms with E-state index in [-0.39, 0.29) is 48.9 Å². The summed E-state index contributed by atoms with van der Waals surface area (Å²) in [6, 6.07) is 0. The van der Waals surface area contributed by atoms with E-state index in [0.717, 1.165) is 89.9 Å². The largest absolute Gasteiger partial charge is 2.00 e. The molecule has 232 valence electrons. The van der Waals surface area contributed by atoms with Crippen LogP contribution in [0.1, 0.15) is 182 Å². The van der Waals surface area contributed by atoms with Gasteiger partial charge in [-0.05, 0) is 25.7 Å². The Morgan fingerprint density at radius 1 is 0.385 bits per heavy atom.